The van der Waals surface area contributed by atoms with Gasteiger partial charge in [-0.25, -0.2) is 0 Å². The summed E-state index contributed by atoms with van der Waals surface area (Å²) < 4.78 is 0.250. The Kier molecular flexibility index (Phi) is 1.35. The van der Waals surface area contributed by atoms with Gasteiger partial charge in [-0.3, -0.25) is 9.78 Å². The lowest BCUT2D eigenvalue weighted by molar-refractivity contribution is 1.10. The van der Waals surface area contributed by atoms with Crippen molar-refractivity contribution >= 4 is 18.0 Å². The molecule has 0 spiro atoms. The van der Waals surface area contributed by atoms with E-state index in [1.807, 2.05) is 0 Å². The van der Waals surface area contributed by atoms with E-state index >= 15 is 0 Å². The van der Waals surface area contributed by atoms with Gasteiger partial charge in [0.25, 0.3) is 5.56 Å². The molecule has 1 rings (SSSR count). The van der Waals surface area contributed by atoms with Crippen LogP contribution in [0.25, 0.3) is 0 Å². The SMILES string of the molecule is N[13c]1[13cH]c(=O)[nH]c(=S)[nH]1. The Labute approximate surface area is 55.7 Å². The summed E-state index contributed by atoms with van der Waals surface area (Å²) in [6, 6.07) is 1.23. The molecule has 5 heteroatoms. The second-order valence-electron chi connectivity index (χ2n) is 1.54. The molecular formula is C4H5N3OS. The monoisotopic (exact) mass is 145 g/mol. The summed E-state index contributed by atoms with van der Waals surface area (Å²) >= 11 is 4.60. The fourth-order valence-electron chi connectivity index (χ4n) is 0.488. The molecule has 0 saturated heterocycles. The molecule has 0 radical (unpaired) electrons. The number of rotatable bonds is 0. The van der Waals surface area contributed by atoms with Crippen LogP contribution in [0, 0.1) is 4.77 Å². The maximum Gasteiger partial charge on any atom is 0.253 e. The molecule has 0 aromatic carbocycles. The van der Waals surface area contributed by atoms with E-state index in [0.29, 0.717) is 0 Å². The van der Waals surface area contributed by atoms with Gasteiger partial charge >= 0.3 is 0 Å². The molecule has 0 unspecified atom stereocenters. The van der Waals surface area contributed by atoms with Crippen LogP contribution < -0.4 is 11.3 Å². The molecule has 0 amide bonds. The summed E-state index contributed by atoms with van der Waals surface area (Å²) in [4.78, 5) is 15.4. The van der Waals surface area contributed by atoms with E-state index in [0.717, 1.165) is 0 Å². The minimum Gasteiger partial charge on any atom is -0.385 e. The van der Waals surface area contributed by atoms with Gasteiger partial charge in [0, 0.05) is 6.07 Å². The highest BCUT2D eigenvalue weighted by molar-refractivity contribution is 7.71. The zero-order chi connectivity index (χ0) is 6.85. The van der Waals surface area contributed by atoms with E-state index in [1.54, 1.807) is 0 Å². The van der Waals surface area contributed by atoms with Gasteiger partial charge in [0.15, 0.2) is 4.77 Å². The maximum atomic E-state index is 10.5. The molecule has 1 aromatic rings. The first-order chi connectivity index (χ1) is 4.18. The maximum absolute atomic E-state index is 10.5. The van der Waals surface area contributed by atoms with E-state index < -0.39 is 0 Å². The van der Waals surface area contributed by atoms with Crippen LogP contribution in [-0.4, -0.2) is 9.97 Å². The molecule has 1 aromatic heterocycles. The van der Waals surface area contributed by atoms with E-state index in [9.17, 15) is 4.79 Å². The van der Waals surface area contributed by atoms with E-state index in [1.165, 1.54) is 6.07 Å². The van der Waals surface area contributed by atoms with Gasteiger partial charge in [-0.1, -0.05) is 0 Å². The van der Waals surface area contributed by atoms with Crippen molar-refractivity contribution in [3.63, 3.8) is 0 Å². The summed E-state index contributed by atoms with van der Waals surface area (Å²) in [7, 11) is 0. The van der Waals surface area contributed by atoms with Crippen LogP contribution in [0.4, 0.5) is 5.82 Å². The summed E-state index contributed by atoms with van der Waals surface area (Å²) in [5.74, 6) is 0.281. The molecule has 0 fully saturated rings. The number of aromatic amines is 2. The smallest absolute Gasteiger partial charge is 0.253 e. The fourth-order valence-corrected chi connectivity index (χ4v) is 0.706. The average Bonchev–Trinajstić information content (AvgIpc) is 1.59. The van der Waals surface area contributed by atoms with E-state index in [-0.39, 0.29) is 16.1 Å². The number of nitrogen functional groups attached to an aromatic ring is 1. The first-order valence-corrected chi connectivity index (χ1v) is 2.68. The molecule has 4 nitrogen and oxygen atoms in total. The van der Waals surface area contributed by atoms with Gasteiger partial charge in [-0.15, -0.1) is 0 Å². The molecule has 0 atom stereocenters. The van der Waals surface area contributed by atoms with Gasteiger partial charge in [-0.05, 0) is 12.2 Å². The van der Waals surface area contributed by atoms with Crippen molar-refractivity contribution in [1.29, 1.82) is 0 Å². The lowest BCUT2D eigenvalue weighted by atomic mass is 11.0. The first-order valence-electron chi connectivity index (χ1n) is 2.27. The lowest BCUT2D eigenvalue weighted by Crippen LogP contribution is -2.07. The van der Waals surface area contributed by atoms with Crippen molar-refractivity contribution < 1.29 is 0 Å². The average molecular weight is 145 g/mol. The Morgan fingerprint density at radius 2 is 2.22 bits per heavy atom. The number of hydrogen-bond donors (Lipinski definition) is 3. The Hall–Kier alpha value is -1.10. The zero-order valence-corrected chi connectivity index (χ0v) is 5.29. The minimum atomic E-state index is -0.281. The van der Waals surface area contributed by atoms with Gasteiger partial charge < -0.3 is 10.7 Å². The second-order valence-corrected chi connectivity index (χ2v) is 1.95. The highest BCUT2D eigenvalue weighted by Gasteiger charge is 1.84. The van der Waals surface area contributed by atoms with Crippen molar-refractivity contribution in [2.75, 3.05) is 5.73 Å². The summed E-state index contributed by atoms with van der Waals surface area (Å²) in [5, 5.41) is 0. The molecule has 0 bridgehead atoms. The van der Waals surface area contributed by atoms with Crippen molar-refractivity contribution in [2.24, 2.45) is 0 Å². The molecule has 0 aliphatic rings. The van der Waals surface area contributed by atoms with Crippen LogP contribution in [-0.2, 0) is 0 Å². The fraction of sp³-hybridized carbons (Fsp3) is 0. The molecule has 0 aliphatic carbocycles. The van der Waals surface area contributed by atoms with Crippen LogP contribution in [0.2, 0.25) is 0 Å². The van der Waals surface area contributed by atoms with Crippen LogP contribution in [0.3, 0.4) is 0 Å². The Morgan fingerprint density at radius 1 is 1.56 bits per heavy atom. The van der Waals surface area contributed by atoms with Crippen molar-refractivity contribution in [3.8, 4) is 0 Å². The Morgan fingerprint density at radius 3 is 2.67 bits per heavy atom. The number of anilines is 1. The highest BCUT2D eigenvalue weighted by atomic mass is 32.1. The van der Waals surface area contributed by atoms with Gasteiger partial charge in [-0.2, -0.15) is 0 Å². The molecule has 0 saturated carbocycles. The van der Waals surface area contributed by atoms with Crippen LogP contribution in [0.1, 0.15) is 0 Å². The third-order valence-corrected chi connectivity index (χ3v) is 0.985. The molecule has 9 heavy (non-hydrogen) atoms. The normalized spacial score (nSPS) is 9.33. The van der Waals surface area contributed by atoms with Crippen molar-refractivity contribution in [1.82, 2.24) is 9.97 Å². The largest absolute Gasteiger partial charge is 0.385 e. The third kappa shape index (κ3) is 1.39. The number of nitrogens with one attached hydrogen (secondary N) is 2. The predicted molar refractivity (Wildman–Crippen MR) is 36.7 cm³/mol. The predicted octanol–water partition coefficient (Wildman–Crippen LogP) is 0.0147. The Balaban J connectivity index is 3.52. The zero-order valence-electron chi connectivity index (χ0n) is 4.47. The standard InChI is InChI=1S/C4H5N3OS/c5-2-1-3(8)7-4(9)6-2/h1H,(H4,5,6,7,8,9)/i1+1,2+1. The summed E-state index contributed by atoms with van der Waals surface area (Å²) in [6.07, 6.45) is 0. The van der Waals surface area contributed by atoms with Crippen molar-refractivity contribution in [3.05, 3.63) is 21.2 Å². The Bertz CT molecular complexity index is 284. The molecular weight excluding hydrogens is 140 g/mol. The number of nitrogens with two attached hydrogens (primary N) is 1. The van der Waals surface area contributed by atoms with Gasteiger partial charge in [0.1, 0.15) is 5.82 Å². The summed E-state index contributed by atoms with van der Waals surface area (Å²) in [6.45, 7) is 0. The third-order valence-electron chi connectivity index (χ3n) is 0.781. The lowest BCUT2D eigenvalue weighted by Gasteiger charge is -1.87. The number of H-pyrrole nitrogens is 2. The van der Waals surface area contributed by atoms with Gasteiger partial charge in [0.05, 0.1) is 0 Å². The second kappa shape index (κ2) is 2.02. The topological polar surface area (TPSA) is 74.7 Å². The van der Waals surface area contributed by atoms with Crippen LogP contribution in [0.15, 0.2) is 10.9 Å². The van der Waals surface area contributed by atoms with Gasteiger partial charge in [0.2, 0.25) is 0 Å². The highest BCUT2D eigenvalue weighted by Crippen LogP contribution is 1.84. The molecule has 1 heterocycles. The molecule has 4 N–H and O–H groups in total. The first kappa shape index (κ1) is 6.03. The molecule has 0 aliphatic heterocycles. The number of hydrogen-bond acceptors (Lipinski definition) is 3. The van der Waals surface area contributed by atoms with E-state index in [2.05, 4.69) is 22.2 Å². The minimum absolute atomic E-state index is 0.250. The van der Waals surface area contributed by atoms with Crippen LogP contribution >= 0.6 is 12.2 Å². The van der Waals surface area contributed by atoms with E-state index in [4.69, 9.17) is 5.73 Å². The van der Waals surface area contributed by atoms with Crippen molar-refractivity contribution in [2.45, 2.75) is 0 Å². The van der Waals surface area contributed by atoms with Crippen LogP contribution in [0.5, 0.6) is 0 Å². The summed E-state index contributed by atoms with van der Waals surface area (Å²) in [5.41, 5.74) is 4.94. The molecule has 48 valence electrons. The quantitative estimate of drug-likeness (QED) is 0.450. The number of aromatic nitrogens is 2.